The van der Waals surface area contributed by atoms with Crippen molar-refractivity contribution in [3.63, 3.8) is 0 Å². The standard InChI is InChI=1S/C18H17NO3S/c20-17(15-10-12-4-1-2-5-14(12)22-15)19-11-18(21,13-7-8-13)16-6-3-9-23-16/h1-6,9-10,13,21H,7-8,11H2,(H,19,20). The summed E-state index contributed by atoms with van der Waals surface area (Å²) in [5, 5.41) is 16.7. The molecule has 1 aliphatic rings. The maximum atomic E-state index is 12.4. The van der Waals surface area contributed by atoms with Crippen molar-refractivity contribution in [2.24, 2.45) is 5.92 Å². The first kappa shape index (κ1) is 14.5. The van der Waals surface area contributed by atoms with Crippen LogP contribution in [0.5, 0.6) is 0 Å². The number of hydrogen-bond donors (Lipinski definition) is 2. The number of hydrogen-bond acceptors (Lipinski definition) is 4. The predicted octanol–water partition coefficient (Wildman–Crippen LogP) is 3.52. The van der Waals surface area contributed by atoms with E-state index in [9.17, 15) is 9.90 Å². The number of carbonyl (C=O) groups excluding carboxylic acids is 1. The van der Waals surface area contributed by atoms with Crippen LogP contribution in [0.25, 0.3) is 11.0 Å². The fourth-order valence-electron chi connectivity index (χ4n) is 2.91. The Bertz CT molecular complexity index is 802. The molecule has 118 valence electrons. The molecule has 2 N–H and O–H groups in total. The van der Waals surface area contributed by atoms with Gasteiger partial charge in [0.2, 0.25) is 0 Å². The Balaban J connectivity index is 1.52. The summed E-state index contributed by atoms with van der Waals surface area (Å²) in [5.41, 5.74) is -0.288. The van der Waals surface area contributed by atoms with Gasteiger partial charge in [0.1, 0.15) is 11.2 Å². The fourth-order valence-corrected chi connectivity index (χ4v) is 3.82. The summed E-state index contributed by atoms with van der Waals surface area (Å²) in [7, 11) is 0. The number of thiophene rings is 1. The number of para-hydroxylation sites is 1. The second-order valence-electron chi connectivity index (χ2n) is 6.01. The number of nitrogens with one attached hydrogen (secondary N) is 1. The second-order valence-corrected chi connectivity index (χ2v) is 6.95. The van der Waals surface area contributed by atoms with Crippen molar-refractivity contribution in [3.8, 4) is 0 Å². The van der Waals surface area contributed by atoms with Gasteiger partial charge in [0.25, 0.3) is 5.91 Å². The largest absolute Gasteiger partial charge is 0.451 e. The van der Waals surface area contributed by atoms with Gasteiger partial charge < -0.3 is 14.8 Å². The normalized spacial score (nSPS) is 17.1. The first-order chi connectivity index (χ1) is 11.2. The molecule has 4 nitrogen and oxygen atoms in total. The zero-order chi connectivity index (χ0) is 15.9. The van der Waals surface area contributed by atoms with Gasteiger partial charge in [-0.2, -0.15) is 0 Å². The van der Waals surface area contributed by atoms with E-state index in [4.69, 9.17) is 4.42 Å². The van der Waals surface area contributed by atoms with Gasteiger partial charge in [-0.15, -0.1) is 11.3 Å². The Morgan fingerprint density at radius 2 is 2.13 bits per heavy atom. The highest BCUT2D eigenvalue weighted by Crippen LogP contribution is 2.46. The topological polar surface area (TPSA) is 62.5 Å². The Morgan fingerprint density at radius 1 is 1.30 bits per heavy atom. The minimum atomic E-state index is -0.976. The van der Waals surface area contributed by atoms with Crippen molar-refractivity contribution in [1.82, 2.24) is 5.32 Å². The Hall–Kier alpha value is -2.11. The van der Waals surface area contributed by atoms with E-state index >= 15 is 0 Å². The van der Waals surface area contributed by atoms with E-state index < -0.39 is 5.60 Å². The molecule has 3 aromatic rings. The van der Waals surface area contributed by atoms with Crippen molar-refractivity contribution in [3.05, 3.63) is 58.5 Å². The van der Waals surface area contributed by atoms with Crippen molar-refractivity contribution < 1.29 is 14.3 Å². The number of furan rings is 1. The van der Waals surface area contributed by atoms with Gasteiger partial charge in [-0.25, -0.2) is 0 Å². The van der Waals surface area contributed by atoms with Crippen molar-refractivity contribution in [2.75, 3.05) is 6.54 Å². The molecule has 1 unspecified atom stereocenters. The molecule has 0 bridgehead atoms. The van der Waals surface area contributed by atoms with E-state index in [0.29, 0.717) is 5.58 Å². The Labute approximate surface area is 137 Å². The van der Waals surface area contributed by atoms with E-state index in [1.807, 2.05) is 41.8 Å². The molecule has 2 aromatic heterocycles. The molecule has 4 rings (SSSR count). The lowest BCUT2D eigenvalue weighted by atomic mass is 9.95. The molecule has 1 saturated carbocycles. The monoisotopic (exact) mass is 327 g/mol. The number of amides is 1. The Morgan fingerprint density at radius 3 is 2.83 bits per heavy atom. The van der Waals surface area contributed by atoms with Crippen LogP contribution >= 0.6 is 11.3 Å². The molecule has 2 heterocycles. The maximum absolute atomic E-state index is 12.4. The molecule has 0 aliphatic heterocycles. The Kier molecular flexibility index (Phi) is 3.47. The summed E-state index contributed by atoms with van der Waals surface area (Å²) in [5.74, 6) is 0.199. The number of rotatable bonds is 5. The molecule has 1 aliphatic carbocycles. The molecule has 1 amide bonds. The van der Waals surface area contributed by atoms with E-state index in [0.717, 1.165) is 23.1 Å². The SMILES string of the molecule is O=C(NCC(O)(c1cccs1)C1CC1)c1cc2ccccc2o1. The summed E-state index contributed by atoms with van der Waals surface area (Å²) in [4.78, 5) is 13.3. The van der Waals surface area contributed by atoms with E-state index in [2.05, 4.69) is 5.32 Å². The van der Waals surface area contributed by atoms with Gasteiger partial charge >= 0.3 is 0 Å². The van der Waals surface area contributed by atoms with Crippen molar-refractivity contribution in [2.45, 2.75) is 18.4 Å². The van der Waals surface area contributed by atoms with E-state index in [1.54, 1.807) is 6.07 Å². The summed E-state index contributed by atoms with van der Waals surface area (Å²) < 4.78 is 5.57. The van der Waals surface area contributed by atoms with Crippen molar-refractivity contribution in [1.29, 1.82) is 0 Å². The summed E-state index contributed by atoms with van der Waals surface area (Å²) in [6, 6.07) is 13.1. The third kappa shape index (κ3) is 2.66. The van der Waals surface area contributed by atoms with Crippen molar-refractivity contribution >= 4 is 28.2 Å². The fraction of sp³-hybridized carbons (Fsp3) is 0.278. The highest BCUT2D eigenvalue weighted by Gasteiger charge is 2.46. The lowest BCUT2D eigenvalue weighted by Gasteiger charge is -2.27. The average Bonchev–Trinajstić information content (AvgIpc) is 3.12. The van der Waals surface area contributed by atoms with E-state index in [-0.39, 0.29) is 24.1 Å². The molecule has 5 heteroatoms. The third-order valence-corrected chi connectivity index (χ3v) is 5.41. The van der Waals surface area contributed by atoms with Crippen LogP contribution in [0.2, 0.25) is 0 Å². The van der Waals surface area contributed by atoms with Gasteiger partial charge in [-0.3, -0.25) is 4.79 Å². The molecule has 1 aromatic carbocycles. The lowest BCUT2D eigenvalue weighted by molar-refractivity contribution is 0.0166. The smallest absolute Gasteiger partial charge is 0.287 e. The summed E-state index contributed by atoms with van der Waals surface area (Å²) >= 11 is 1.52. The summed E-state index contributed by atoms with van der Waals surface area (Å²) in [6.07, 6.45) is 1.99. The van der Waals surface area contributed by atoms with Crippen LogP contribution in [0.1, 0.15) is 28.3 Å². The first-order valence-electron chi connectivity index (χ1n) is 7.70. The maximum Gasteiger partial charge on any atom is 0.287 e. The van der Waals surface area contributed by atoms with Gasteiger partial charge in [0.15, 0.2) is 5.76 Å². The van der Waals surface area contributed by atoms with Crippen LogP contribution in [0, 0.1) is 5.92 Å². The summed E-state index contributed by atoms with van der Waals surface area (Å²) in [6.45, 7) is 0.202. The van der Waals surface area contributed by atoms with Gasteiger partial charge in [-0.1, -0.05) is 24.3 Å². The van der Waals surface area contributed by atoms with Crippen LogP contribution in [-0.2, 0) is 5.60 Å². The van der Waals surface area contributed by atoms with Gasteiger partial charge in [-0.05, 0) is 42.3 Å². The van der Waals surface area contributed by atoms with E-state index in [1.165, 1.54) is 11.3 Å². The quantitative estimate of drug-likeness (QED) is 0.753. The van der Waals surface area contributed by atoms with Gasteiger partial charge in [0, 0.05) is 10.3 Å². The minimum Gasteiger partial charge on any atom is -0.451 e. The highest BCUT2D eigenvalue weighted by molar-refractivity contribution is 7.10. The number of aliphatic hydroxyl groups is 1. The second kappa shape index (κ2) is 5.51. The molecular weight excluding hydrogens is 310 g/mol. The first-order valence-corrected chi connectivity index (χ1v) is 8.58. The average molecular weight is 327 g/mol. The number of carbonyl (C=O) groups is 1. The predicted molar refractivity (Wildman–Crippen MR) is 89.5 cm³/mol. The molecule has 1 atom stereocenters. The number of benzene rings is 1. The molecule has 1 fully saturated rings. The van der Waals surface area contributed by atoms with Crippen LogP contribution < -0.4 is 5.32 Å². The van der Waals surface area contributed by atoms with Crippen LogP contribution in [0.4, 0.5) is 0 Å². The molecule has 0 saturated heterocycles. The number of fused-ring (bicyclic) bond motifs is 1. The molecular formula is C18H17NO3S. The van der Waals surface area contributed by atoms with Crippen LogP contribution in [-0.4, -0.2) is 17.6 Å². The highest BCUT2D eigenvalue weighted by atomic mass is 32.1. The molecule has 0 radical (unpaired) electrons. The zero-order valence-corrected chi connectivity index (χ0v) is 13.3. The third-order valence-electron chi connectivity index (χ3n) is 4.37. The zero-order valence-electron chi connectivity index (χ0n) is 12.5. The molecule has 0 spiro atoms. The lowest BCUT2D eigenvalue weighted by Crippen LogP contribution is -2.41. The van der Waals surface area contributed by atoms with Crippen LogP contribution in [0.15, 0.2) is 52.3 Å². The van der Waals surface area contributed by atoms with Gasteiger partial charge in [0.05, 0.1) is 6.54 Å². The molecule has 23 heavy (non-hydrogen) atoms. The van der Waals surface area contributed by atoms with Crippen LogP contribution in [0.3, 0.4) is 0 Å². The minimum absolute atomic E-state index is 0.202.